The zero-order chi connectivity index (χ0) is 14.7. The standard InChI is InChI=1S/C18H17ClN2/c1-2-13-5-7-14(8-6-13)12-21-17-11-16(19)10-15-4-3-9-20-18(15)17/h3-11,21H,2,12H2,1H3. The normalized spacial score (nSPS) is 10.8. The molecule has 0 saturated heterocycles. The molecule has 0 aliphatic carbocycles. The van der Waals surface area contributed by atoms with Crippen LogP contribution in [-0.4, -0.2) is 4.98 Å². The molecular weight excluding hydrogens is 280 g/mol. The number of rotatable bonds is 4. The van der Waals surface area contributed by atoms with Crippen LogP contribution in [0.5, 0.6) is 0 Å². The highest BCUT2D eigenvalue weighted by atomic mass is 35.5. The molecule has 21 heavy (non-hydrogen) atoms. The van der Waals surface area contributed by atoms with Gasteiger partial charge in [0.2, 0.25) is 0 Å². The van der Waals surface area contributed by atoms with Gasteiger partial charge in [0.05, 0.1) is 11.2 Å². The number of fused-ring (bicyclic) bond motifs is 1. The monoisotopic (exact) mass is 296 g/mol. The lowest BCUT2D eigenvalue weighted by atomic mass is 10.1. The second-order valence-corrected chi connectivity index (χ2v) is 5.49. The first kappa shape index (κ1) is 13.9. The number of hydrogen-bond donors (Lipinski definition) is 1. The van der Waals surface area contributed by atoms with Crippen molar-refractivity contribution in [2.45, 2.75) is 19.9 Å². The van der Waals surface area contributed by atoms with Crippen LogP contribution >= 0.6 is 11.6 Å². The quantitative estimate of drug-likeness (QED) is 0.727. The van der Waals surface area contributed by atoms with Crippen LogP contribution in [0, 0.1) is 0 Å². The number of nitrogens with one attached hydrogen (secondary N) is 1. The summed E-state index contributed by atoms with van der Waals surface area (Å²) in [7, 11) is 0. The predicted molar refractivity (Wildman–Crippen MR) is 89.9 cm³/mol. The Balaban J connectivity index is 1.84. The summed E-state index contributed by atoms with van der Waals surface area (Å²) in [6, 6.07) is 16.5. The van der Waals surface area contributed by atoms with Crippen molar-refractivity contribution in [3.63, 3.8) is 0 Å². The number of hydrogen-bond acceptors (Lipinski definition) is 2. The van der Waals surface area contributed by atoms with Crippen LogP contribution in [0.3, 0.4) is 0 Å². The molecule has 3 aromatic rings. The molecule has 0 aliphatic heterocycles. The van der Waals surface area contributed by atoms with Gasteiger partial charge in [-0.25, -0.2) is 0 Å². The molecule has 0 aliphatic rings. The third-order valence-electron chi connectivity index (χ3n) is 3.58. The average molecular weight is 297 g/mol. The smallest absolute Gasteiger partial charge is 0.0934 e. The highest BCUT2D eigenvalue weighted by Crippen LogP contribution is 2.26. The molecule has 0 atom stereocenters. The van der Waals surface area contributed by atoms with Crippen molar-refractivity contribution in [1.82, 2.24) is 4.98 Å². The van der Waals surface area contributed by atoms with Gasteiger partial charge in [-0.3, -0.25) is 4.98 Å². The van der Waals surface area contributed by atoms with Gasteiger partial charge in [0.25, 0.3) is 0 Å². The summed E-state index contributed by atoms with van der Waals surface area (Å²) >= 11 is 6.18. The SMILES string of the molecule is CCc1ccc(CNc2cc(Cl)cc3cccnc23)cc1. The van der Waals surface area contributed by atoms with Gasteiger partial charge in [0, 0.05) is 23.2 Å². The maximum absolute atomic E-state index is 6.18. The number of halogens is 1. The van der Waals surface area contributed by atoms with E-state index in [0.29, 0.717) is 0 Å². The van der Waals surface area contributed by atoms with Crippen LogP contribution in [0.25, 0.3) is 10.9 Å². The summed E-state index contributed by atoms with van der Waals surface area (Å²) in [5.74, 6) is 0. The van der Waals surface area contributed by atoms with Crippen LogP contribution in [0.4, 0.5) is 5.69 Å². The van der Waals surface area contributed by atoms with E-state index in [1.54, 1.807) is 6.20 Å². The largest absolute Gasteiger partial charge is 0.379 e. The molecule has 2 nitrogen and oxygen atoms in total. The van der Waals surface area contributed by atoms with E-state index in [4.69, 9.17) is 11.6 Å². The van der Waals surface area contributed by atoms with Crippen LogP contribution in [0.1, 0.15) is 18.1 Å². The fourth-order valence-corrected chi connectivity index (χ4v) is 2.61. The molecule has 106 valence electrons. The third kappa shape index (κ3) is 3.17. The fraction of sp³-hybridized carbons (Fsp3) is 0.167. The van der Waals surface area contributed by atoms with Crippen molar-refractivity contribution >= 4 is 28.2 Å². The van der Waals surface area contributed by atoms with Gasteiger partial charge < -0.3 is 5.32 Å². The van der Waals surface area contributed by atoms with Crippen molar-refractivity contribution in [2.75, 3.05) is 5.32 Å². The van der Waals surface area contributed by atoms with Crippen LogP contribution in [0.2, 0.25) is 5.02 Å². The number of aromatic nitrogens is 1. The summed E-state index contributed by atoms with van der Waals surface area (Å²) in [6.07, 6.45) is 2.87. The number of anilines is 1. The summed E-state index contributed by atoms with van der Waals surface area (Å²) in [6.45, 7) is 2.92. The maximum Gasteiger partial charge on any atom is 0.0934 e. The number of nitrogens with zero attached hydrogens (tertiary/aromatic N) is 1. The van der Waals surface area contributed by atoms with Crippen LogP contribution in [-0.2, 0) is 13.0 Å². The van der Waals surface area contributed by atoms with Gasteiger partial charge in [-0.1, -0.05) is 48.9 Å². The van der Waals surface area contributed by atoms with Gasteiger partial charge in [-0.15, -0.1) is 0 Å². The maximum atomic E-state index is 6.18. The van der Waals surface area contributed by atoms with Crippen molar-refractivity contribution in [2.24, 2.45) is 0 Å². The molecule has 0 unspecified atom stereocenters. The Hall–Kier alpha value is -2.06. The number of pyridine rings is 1. The summed E-state index contributed by atoms with van der Waals surface area (Å²) in [5.41, 5.74) is 4.52. The minimum atomic E-state index is 0.722. The van der Waals surface area contributed by atoms with E-state index in [9.17, 15) is 0 Å². The molecule has 2 aromatic carbocycles. The Morgan fingerprint density at radius 1 is 1.05 bits per heavy atom. The van der Waals surface area contributed by atoms with Gasteiger partial charge in [-0.05, 0) is 35.7 Å². The van der Waals surface area contributed by atoms with Crippen LogP contribution in [0.15, 0.2) is 54.7 Å². The van der Waals surface area contributed by atoms with E-state index in [-0.39, 0.29) is 0 Å². The van der Waals surface area contributed by atoms with E-state index in [2.05, 4.69) is 41.5 Å². The summed E-state index contributed by atoms with van der Waals surface area (Å²) in [4.78, 5) is 4.44. The van der Waals surface area contributed by atoms with Gasteiger partial charge in [0.1, 0.15) is 0 Å². The molecular formula is C18H17ClN2. The molecule has 0 saturated carbocycles. The van der Waals surface area contributed by atoms with Crippen molar-refractivity contribution in [1.29, 1.82) is 0 Å². The molecule has 0 bridgehead atoms. The second-order valence-electron chi connectivity index (χ2n) is 5.05. The van der Waals surface area contributed by atoms with Crippen LogP contribution < -0.4 is 5.32 Å². The van der Waals surface area contributed by atoms with E-state index in [1.807, 2.05) is 24.3 Å². The van der Waals surface area contributed by atoms with E-state index in [1.165, 1.54) is 11.1 Å². The molecule has 0 fully saturated rings. The third-order valence-corrected chi connectivity index (χ3v) is 3.80. The van der Waals surface area contributed by atoms with Crippen molar-refractivity contribution < 1.29 is 0 Å². The lowest BCUT2D eigenvalue weighted by molar-refractivity contribution is 1.11. The molecule has 1 aromatic heterocycles. The first-order valence-electron chi connectivity index (χ1n) is 7.12. The Morgan fingerprint density at radius 3 is 2.57 bits per heavy atom. The van der Waals surface area contributed by atoms with Gasteiger partial charge >= 0.3 is 0 Å². The van der Waals surface area contributed by atoms with Crippen molar-refractivity contribution in [3.8, 4) is 0 Å². The Morgan fingerprint density at radius 2 is 1.81 bits per heavy atom. The Kier molecular flexibility index (Phi) is 4.07. The van der Waals surface area contributed by atoms with Gasteiger partial charge in [-0.2, -0.15) is 0 Å². The fourth-order valence-electron chi connectivity index (χ4n) is 2.38. The molecule has 3 rings (SSSR count). The molecule has 0 amide bonds. The number of aryl methyl sites for hydroxylation is 1. The zero-order valence-corrected chi connectivity index (χ0v) is 12.7. The van der Waals surface area contributed by atoms with Gasteiger partial charge in [0.15, 0.2) is 0 Å². The highest BCUT2D eigenvalue weighted by molar-refractivity contribution is 6.31. The predicted octanol–water partition coefficient (Wildman–Crippen LogP) is 5.06. The highest BCUT2D eigenvalue weighted by Gasteiger charge is 2.04. The van der Waals surface area contributed by atoms with E-state index >= 15 is 0 Å². The first-order valence-corrected chi connectivity index (χ1v) is 7.50. The molecule has 0 spiro atoms. The molecule has 0 radical (unpaired) electrons. The van der Waals surface area contributed by atoms with Crippen molar-refractivity contribution in [3.05, 3.63) is 70.9 Å². The Bertz CT molecular complexity index is 751. The molecule has 1 N–H and O–H groups in total. The molecule has 1 heterocycles. The average Bonchev–Trinajstić information content (AvgIpc) is 2.53. The first-order chi connectivity index (χ1) is 10.3. The minimum Gasteiger partial charge on any atom is -0.379 e. The molecule has 3 heteroatoms. The number of benzene rings is 2. The van der Waals surface area contributed by atoms with E-state index < -0.39 is 0 Å². The minimum absolute atomic E-state index is 0.722. The van der Waals surface area contributed by atoms with E-state index in [0.717, 1.165) is 34.6 Å². The summed E-state index contributed by atoms with van der Waals surface area (Å²) < 4.78 is 0. The lowest BCUT2D eigenvalue weighted by Crippen LogP contribution is -2.01. The summed E-state index contributed by atoms with van der Waals surface area (Å²) in [5, 5.41) is 5.21. The lowest BCUT2D eigenvalue weighted by Gasteiger charge is -2.10. The Labute approximate surface area is 129 Å². The topological polar surface area (TPSA) is 24.9 Å². The second kappa shape index (κ2) is 6.15. The zero-order valence-electron chi connectivity index (χ0n) is 11.9.